The lowest BCUT2D eigenvalue weighted by Crippen LogP contribution is -2.34. The van der Waals surface area contributed by atoms with Crippen molar-refractivity contribution in [3.8, 4) is 22.6 Å². The average molecular weight is 461 g/mol. The minimum atomic E-state index is -0.277. The molecule has 7 nitrogen and oxygen atoms in total. The molecule has 174 valence electrons. The van der Waals surface area contributed by atoms with Crippen LogP contribution in [-0.2, 0) is 0 Å². The van der Waals surface area contributed by atoms with Crippen molar-refractivity contribution >= 4 is 22.8 Å². The number of urea groups is 1. The van der Waals surface area contributed by atoms with Gasteiger partial charge in [-0.25, -0.2) is 14.2 Å². The fourth-order valence-corrected chi connectivity index (χ4v) is 4.27. The van der Waals surface area contributed by atoms with Gasteiger partial charge >= 0.3 is 6.03 Å². The van der Waals surface area contributed by atoms with Crippen LogP contribution in [0.1, 0.15) is 24.8 Å². The van der Waals surface area contributed by atoms with Gasteiger partial charge in [0, 0.05) is 12.6 Å². The van der Waals surface area contributed by atoms with Gasteiger partial charge in [-0.15, -0.1) is 0 Å². The third kappa shape index (κ3) is 4.14. The molecule has 5 rings (SSSR count). The summed E-state index contributed by atoms with van der Waals surface area (Å²) in [5.41, 5.74) is 3.70. The zero-order chi connectivity index (χ0) is 23.7. The molecule has 4 aromatic rings. The molecule has 34 heavy (non-hydrogen) atoms. The molecule has 0 radical (unpaired) electrons. The van der Waals surface area contributed by atoms with E-state index in [9.17, 15) is 9.18 Å². The van der Waals surface area contributed by atoms with E-state index in [4.69, 9.17) is 18.9 Å². The number of anilines is 1. The van der Waals surface area contributed by atoms with Crippen molar-refractivity contribution in [1.29, 1.82) is 0 Å². The molecule has 0 spiro atoms. The van der Waals surface area contributed by atoms with Crippen molar-refractivity contribution in [1.82, 2.24) is 9.88 Å². The van der Waals surface area contributed by atoms with Gasteiger partial charge in [-0.1, -0.05) is 18.2 Å². The van der Waals surface area contributed by atoms with Gasteiger partial charge in [0.15, 0.2) is 5.58 Å². The first-order valence-corrected chi connectivity index (χ1v) is 11.0. The molecule has 1 aliphatic rings. The summed E-state index contributed by atoms with van der Waals surface area (Å²) in [6.07, 6.45) is 1.60. The molecule has 1 saturated heterocycles. The summed E-state index contributed by atoms with van der Waals surface area (Å²) in [7, 11) is 3.12. The number of nitrogens with one attached hydrogen (secondary N) is 1. The SMILES string of the molecule is COc1ccc(NC(=O)N2CCC[C@@H]2c2nc3cc(-c4ccc(F)cc4)ccc3o2)c(OC)c1. The van der Waals surface area contributed by atoms with E-state index in [1.54, 1.807) is 49.5 Å². The summed E-state index contributed by atoms with van der Waals surface area (Å²) in [5, 5.41) is 2.93. The fourth-order valence-electron chi connectivity index (χ4n) is 4.27. The van der Waals surface area contributed by atoms with Gasteiger partial charge in [0.25, 0.3) is 0 Å². The number of halogens is 1. The number of aromatic nitrogens is 1. The highest BCUT2D eigenvalue weighted by Crippen LogP contribution is 2.36. The van der Waals surface area contributed by atoms with Crippen LogP contribution in [0.15, 0.2) is 65.1 Å². The Hall–Kier alpha value is -4.07. The molecule has 2 amide bonds. The summed E-state index contributed by atoms with van der Waals surface area (Å²) in [4.78, 5) is 19.6. The van der Waals surface area contributed by atoms with Crippen LogP contribution in [-0.4, -0.2) is 36.7 Å². The lowest BCUT2D eigenvalue weighted by molar-refractivity contribution is 0.198. The van der Waals surface area contributed by atoms with Gasteiger partial charge in [-0.05, 0) is 60.4 Å². The molecule has 0 saturated carbocycles. The number of rotatable bonds is 5. The van der Waals surface area contributed by atoms with Crippen LogP contribution < -0.4 is 14.8 Å². The van der Waals surface area contributed by atoms with Crippen LogP contribution in [0, 0.1) is 5.82 Å². The van der Waals surface area contributed by atoms with Crippen molar-refractivity contribution in [3.63, 3.8) is 0 Å². The summed E-state index contributed by atoms with van der Waals surface area (Å²) in [5.74, 6) is 1.38. The molecule has 0 unspecified atom stereocenters. The maximum absolute atomic E-state index is 13.3. The summed E-state index contributed by atoms with van der Waals surface area (Å²) in [6.45, 7) is 0.592. The first kappa shape index (κ1) is 21.8. The summed E-state index contributed by atoms with van der Waals surface area (Å²) >= 11 is 0. The predicted octanol–water partition coefficient (Wildman–Crippen LogP) is 6.02. The Bertz CT molecular complexity index is 1340. The van der Waals surface area contributed by atoms with E-state index in [1.165, 1.54) is 12.1 Å². The Labute approximate surface area is 196 Å². The molecule has 0 bridgehead atoms. The molecule has 1 aliphatic heterocycles. The molecule has 0 aliphatic carbocycles. The van der Waals surface area contributed by atoms with Gasteiger partial charge in [0.1, 0.15) is 28.9 Å². The van der Waals surface area contributed by atoms with Crippen LogP contribution >= 0.6 is 0 Å². The molecule has 1 fully saturated rings. The average Bonchev–Trinajstić information content (AvgIpc) is 3.51. The highest BCUT2D eigenvalue weighted by Gasteiger charge is 2.34. The Kier molecular flexibility index (Phi) is 5.79. The number of nitrogens with zero attached hydrogens (tertiary/aromatic N) is 2. The number of fused-ring (bicyclic) bond motifs is 1. The molecule has 8 heteroatoms. The topological polar surface area (TPSA) is 76.8 Å². The van der Waals surface area contributed by atoms with Crippen molar-refractivity contribution in [2.75, 3.05) is 26.1 Å². The third-order valence-corrected chi connectivity index (χ3v) is 6.03. The normalized spacial score (nSPS) is 15.5. The van der Waals surface area contributed by atoms with Crippen molar-refractivity contribution in [2.24, 2.45) is 0 Å². The maximum Gasteiger partial charge on any atom is 0.322 e. The van der Waals surface area contributed by atoms with Gasteiger partial charge in [0.05, 0.1) is 19.9 Å². The number of amides is 2. The number of methoxy groups -OCH3 is 2. The van der Waals surface area contributed by atoms with Crippen LogP contribution in [0.4, 0.5) is 14.9 Å². The number of carbonyl (C=O) groups excluding carboxylic acids is 1. The third-order valence-electron chi connectivity index (χ3n) is 6.03. The second-order valence-electron chi connectivity index (χ2n) is 8.09. The van der Waals surface area contributed by atoms with Crippen molar-refractivity contribution in [3.05, 3.63) is 72.4 Å². The van der Waals surface area contributed by atoms with Crippen LogP contribution in [0.5, 0.6) is 11.5 Å². The van der Waals surface area contributed by atoms with Crippen LogP contribution in [0.2, 0.25) is 0 Å². The lowest BCUT2D eigenvalue weighted by atomic mass is 10.1. The Morgan fingerprint density at radius 3 is 2.62 bits per heavy atom. The van der Waals surface area contributed by atoms with Crippen molar-refractivity contribution < 1.29 is 23.1 Å². The zero-order valence-electron chi connectivity index (χ0n) is 18.9. The smallest absolute Gasteiger partial charge is 0.322 e. The van der Waals surface area contributed by atoms with E-state index in [0.29, 0.717) is 40.7 Å². The number of hydrogen-bond donors (Lipinski definition) is 1. The second-order valence-corrected chi connectivity index (χ2v) is 8.09. The van der Waals surface area contributed by atoms with E-state index in [2.05, 4.69) is 5.32 Å². The van der Waals surface area contributed by atoms with Crippen LogP contribution in [0.3, 0.4) is 0 Å². The molecular weight excluding hydrogens is 437 g/mol. The van der Waals surface area contributed by atoms with Crippen molar-refractivity contribution in [2.45, 2.75) is 18.9 Å². The number of ether oxygens (including phenoxy) is 2. The molecule has 1 aromatic heterocycles. The summed E-state index contributed by atoms with van der Waals surface area (Å²) in [6, 6.07) is 16.7. The monoisotopic (exact) mass is 461 g/mol. The van der Waals surface area contributed by atoms with E-state index < -0.39 is 0 Å². The van der Waals surface area contributed by atoms with E-state index in [1.807, 2.05) is 18.2 Å². The largest absolute Gasteiger partial charge is 0.497 e. The molecule has 3 aromatic carbocycles. The Morgan fingerprint density at radius 1 is 1.06 bits per heavy atom. The quantitative estimate of drug-likeness (QED) is 0.393. The number of hydrogen-bond acceptors (Lipinski definition) is 5. The Balaban J connectivity index is 1.38. The first-order valence-electron chi connectivity index (χ1n) is 11.0. The first-order chi connectivity index (χ1) is 16.6. The predicted molar refractivity (Wildman–Crippen MR) is 127 cm³/mol. The van der Waals surface area contributed by atoms with Crippen LogP contribution in [0.25, 0.3) is 22.2 Å². The standard InChI is InChI=1S/C26H24FN3O4/c1-32-19-10-11-20(24(15-19)33-2)29-26(31)30-13-3-4-22(30)25-28-21-14-17(7-12-23(21)34-25)16-5-8-18(27)9-6-16/h5-12,14-15,22H,3-4,13H2,1-2H3,(H,29,31)/t22-/m1/s1. The summed E-state index contributed by atoms with van der Waals surface area (Å²) < 4.78 is 29.9. The van der Waals surface area contributed by atoms with E-state index in [-0.39, 0.29) is 17.9 Å². The maximum atomic E-state index is 13.3. The molecule has 1 atom stereocenters. The van der Waals surface area contributed by atoms with E-state index in [0.717, 1.165) is 24.0 Å². The molecule has 2 heterocycles. The van der Waals surface area contributed by atoms with Gasteiger partial charge < -0.3 is 24.1 Å². The minimum Gasteiger partial charge on any atom is -0.497 e. The van der Waals surface area contributed by atoms with E-state index >= 15 is 0 Å². The fraction of sp³-hybridized carbons (Fsp3) is 0.231. The van der Waals surface area contributed by atoms with Gasteiger partial charge in [-0.3, -0.25) is 0 Å². The number of likely N-dealkylation sites (tertiary alicyclic amines) is 1. The second kappa shape index (κ2) is 9.05. The number of oxazole rings is 1. The zero-order valence-corrected chi connectivity index (χ0v) is 18.9. The molecular formula is C26H24FN3O4. The van der Waals surface area contributed by atoms with Gasteiger partial charge in [0.2, 0.25) is 5.89 Å². The highest BCUT2D eigenvalue weighted by atomic mass is 19.1. The van der Waals surface area contributed by atoms with Gasteiger partial charge in [-0.2, -0.15) is 0 Å². The molecule has 1 N–H and O–H groups in total. The number of benzene rings is 3. The number of carbonyl (C=O) groups is 1. The minimum absolute atomic E-state index is 0.250. The Morgan fingerprint density at radius 2 is 1.85 bits per heavy atom. The highest BCUT2D eigenvalue weighted by molar-refractivity contribution is 5.91. The lowest BCUT2D eigenvalue weighted by Gasteiger charge is -2.23.